The Kier molecular flexibility index (Phi) is 7.14. The Morgan fingerprint density at radius 2 is 1.76 bits per heavy atom. The lowest BCUT2D eigenvalue weighted by Gasteiger charge is -2.38. The number of hydrogen-bond donors (Lipinski definition) is 2. The Hall–Kier alpha value is -0.610. The Morgan fingerprint density at radius 3 is 2.19 bits per heavy atom. The number of carbonyl (C=O) groups is 1. The molecule has 1 rings (SSSR count). The topological polar surface area (TPSA) is 52.6 Å². The lowest BCUT2D eigenvalue weighted by atomic mass is 9.91. The molecule has 1 saturated carbocycles. The summed E-state index contributed by atoms with van der Waals surface area (Å²) in [6.45, 7) is 7.97. The number of aliphatic carboxylic acids is 1. The molecule has 0 aromatic rings. The van der Waals surface area contributed by atoms with Crippen molar-refractivity contribution in [2.75, 3.05) is 7.05 Å². The van der Waals surface area contributed by atoms with Crippen molar-refractivity contribution in [1.82, 2.24) is 10.2 Å². The lowest BCUT2D eigenvalue weighted by molar-refractivity contribution is -0.145. The first-order valence-corrected chi connectivity index (χ1v) is 8.49. The van der Waals surface area contributed by atoms with E-state index in [1.165, 1.54) is 38.5 Å². The van der Waals surface area contributed by atoms with Gasteiger partial charge in [0.25, 0.3) is 0 Å². The predicted octanol–water partition coefficient (Wildman–Crippen LogP) is 3.26. The zero-order valence-electron chi connectivity index (χ0n) is 14.5. The average molecular weight is 298 g/mol. The number of carboxylic acids is 1. The second-order valence-electron chi connectivity index (χ2n) is 7.30. The normalized spacial score (nSPS) is 22.0. The van der Waals surface area contributed by atoms with Crippen molar-refractivity contribution in [3.8, 4) is 0 Å². The molecule has 0 amide bonds. The third-order valence-corrected chi connectivity index (χ3v) is 4.88. The molecule has 0 saturated heterocycles. The molecule has 0 bridgehead atoms. The van der Waals surface area contributed by atoms with Crippen LogP contribution in [0.4, 0.5) is 0 Å². The second-order valence-corrected chi connectivity index (χ2v) is 7.30. The van der Waals surface area contributed by atoms with Gasteiger partial charge in [0.15, 0.2) is 0 Å². The van der Waals surface area contributed by atoms with Crippen molar-refractivity contribution in [2.45, 2.75) is 96.3 Å². The molecule has 21 heavy (non-hydrogen) atoms. The molecule has 4 nitrogen and oxygen atoms in total. The molecule has 4 heteroatoms. The van der Waals surface area contributed by atoms with Crippen LogP contribution in [0.2, 0.25) is 0 Å². The highest BCUT2D eigenvalue weighted by atomic mass is 16.4. The molecule has 0 radical (unpaired) electrons. The van der Waals surface area contributed by atoms with Crippen LogP contribution in [0.1, 0.15) is 72.6 Å². The smallest absolute Gasteiger partial charge is 0.323 e. The maximum atomic E-state index is 11.7. The van der Waals surface area contributed by atoms with Crippen molar-refractivity contribution in [3.05, 3.63) is 0 Å². The van der Waals surface area contributed by atoms with Crippen LogP contribution in [0.3, 0.4) is 0 Å². The van der Waals surface area contributed by atoms with E-state index < -0.39 is 11.5 Å². The molecule has 0 aromatic heterocycles. The molecule has 1 aliphatic rings. The molecule has 2 unspecified atom stereocenters. The Morgan fingerprint density at radius 1 is 1.24 bits per heavy atom. The van der Waals surface area contributed by atoms with E-state index in [1.807, 2.05) is 20.8 Å². The van der Waals surface area contributed by atoms with Gasteiger partial charge in [0.2, 0.25) is 0 Å². The van der Waals surface area contributed by atoms with Crippen molar-refractivity contribution in [1.29, 1.82) is 0 Å². The van der Waals surface area contributed by atoms with E-state index >= 15 is 0 Å². The van der Waals surface area contributed by atoms with Crippen LogP contribution in [-0.2, 0) is 4.79 Å². The van der Waals surface area contributed by atoms with Crippen molar-refractivity contribution >= 4 is 5.97 Å². The summed E-state index contributed by atoms with van der Waals surface area (Å²) in [5.74, 6) is -0.752. The highest BCUT2D eigenvalue weighted by molar-refractivity contribution is 5.78. The van der Waals surface area contributed by atoms with Crippen LogP contribution in [0, 0.1) is 0 Å². The second kappa shape index (κ2) is 8.14. The van der Waals surface area contributed by atoms with Gasteiger partial charge in [-0.1, -0.05) is 25.7 Å². The fourth-order valence-electron chi connectivity index (χ4n) is 3.60. The van der Waals surface area contributed by atoms with Crippen LogP contribution in [-0.4, -0.2) is 46.7 Å². The van der Waals surface area contributed by atoms with E-state index in [9.17, 15) is 9.90 Å². The zero-order valence-corrected chi connectivity index (χ0v) is 14.5. The summed E-state index contributed by atoms with van der Waals surface area (Å²) in [5.41, 5.74) is -0.855. The van der Waals surface area contributed by atoms with E-state index in [2.05, 4.69) is 24.2 Å². The van der Waals surface area contributed by atoms with Crippen LogP contribution in [0.25, 0.3) is 0 Å². The van der Waals surface area contributed by atoms with Gasteiger partial charge in [-0.2, -0.15) is 0 Å². The minimum absolute atomic E-state index is 0.168. The predicted molar refractivity (Wildman–Crippen MR) is 87.6 cm³/mol. The van der Waals surface area contributed by atoms with Crippen LogP contribution >= 0.6 is 0 Å². The zero-order chi connectivity index (χ0) is 16.0. The summed E-state index contributed by atoms with van der Waals surface area (Å²) in [6, 6.07) is 1.04. The number of nitrogens with zero attached hydrogens (tertiary/aromatic N) is 1. The van der Waals surface area contributed by atoms with E-state index in [0.717, 1.165) is 0 Å². The highest BCUT2D eigenvalue weighted by Crippen LogP contribution is 2.25. The van der Waals surface area contributed by atoms with E-state index in [1.54, 1.807) is 0 Å². The summed E-state index contributed by atoms with van der Waals surface area (Å²) in [7, 11) is 2.16. The summed E-state index contributed by atoms with van der Waals surface area (Å²) in [5, 5.41) is 12.8. The minimum Gasteiger partial charge on any atom is -0.480 e. The summed E-state index contributed by atoms with van der Waals surface area (Å²) < 4.78 is 0. The highest BCUT2D eigenvalue weighted by Gasteiger charge is 2.36. The first kappa shape index (κ1) is 18.4. The van der Waals surface area contributed by atoms with Crippen LogP contribution in [0.5, 0.6) is 0 Å². The number of carboxylic acid groups (broad SMARTS) is 1. The fraction of sp³-hybridized carbons (Fsp3) is 0.941. The standard InChI is InChI=1S/C17H34N2O2/c1-13(2)18-17(4,16(20)21)12-14(3)19(5)15-10-8-6-7-9-11-15/h13-15,18H,6-12H2,1-5H3,(H,20,21). The molecular formula is C17H34N2O2. The molecule has 0 aromatic carbocycles. The Labute approximate surface area is 130 Å². The molecule has 2 atom stereocenters. The van der Waals surface area contributed by atoms with Crippen molar-refractivity contribution < 1.29 is 9.90 Å². The average Bonchev–Trinajstić information content (AvgIpc) is 2.65. The van der Waals surface area contributed by atoms with Crippen LogP contribution in [0.15, 0.2) is 0 Å². The molecule has 2 N–H and O–H groups in total. The number of rotatable bonds is 7. The Bertz CT molecular complexity index is 325. The maximum absolute atomic E-state index is 11.7. The first-order chi connectivity index (χ1) is 9.76. The minimum atomic E-state index is -0.855. The van der Waals surface area contributed by atoms with Gasteiger partial charge < -0.3 is 10.0 Å². The molecule has 1 aliphatic carbocycles. The van der Waals surface area contributed by atoms with Gasteiger partial charge in [0.05, 0.1) is 0 Å². The van der Waals surface area contributed by atoms with Gasteiger partial charge in [-0.25, -0.2) is 0 Å². The third-order valence-electron chi connectivity index (χ3n) is 4.88. The van der Waals surface area contributed by atoms with E-state index in [0.29, 0.717) is 12.5 Å². The molecule has 0 aliphatic heterocycles. The lowest BCUT2D eigenvalue weighted by Crippen LogP contribution is -2.56. The largest absolute Gasteiger partial charge is 0.480 e. The quantitative estimate of drug-likeness (QED) is 0.708. The van der Waals surface area contributed by atoms with Gasteiger partial charge in [0.1, 0.15) is 5.54 Å². The van der Waals surface area contributed by atoms with Gasteiger partial charge in [0, 0.05) is 18.1 Å². The molecule has 124 valence electrons. The maximum Gasteiger partial charge on any atom is 0.323 e. The van der Waals surface area contributed by atoms with E-state index in [4.69, 9.17) is 0 Å². The van der Waals surface area contributed by atoms with Gasteiger partial charge in [-0.15, -0.1) is 0 Å². The van der Waals surface area contributed by atoms with Gasteiger partial charge >= 0.3 is 5.97 Å². The van der Waals surface area contributed by atoms with Crippen LogP contribution < -0.4 is 5.32 Å². The monoisotopic (exact) mass is 298 g/mol. The first-order valence-electron chi connectivity index (χ1n) is 8.49. The van der Waals surface area contributed by atoms with Gasteiger partial charge in [-0.3, -0.25) is 10.1 Å². The Balaban J connectivity index is 2.67. The fourth-order valence-corrected chi connectivity index (χ4v) is 3.60. The van der Waals surface area contributed by atoms with Gasteiger partial charge in [-0.05, 0) is 54.0 Å². The summed E-state index contributed by atoms with van der Waals surface area (Å²) in [4.78, 5) is 14.1. The van der Waals surface area contributed by atoms with Crippen molar-refractivity contribution in [3.63, 3.8) is 0 Å². The third kappa shape index (κ3) is 5.59. The van der Waals surface area contributed by atoms with Crippen molar-refractivity contribution in [2.24, 2.45) is 0 Å². The van der Waals surface area contributed by atoms with E-state index in [-0.39, 0.29) is 12.1 Å². The molecule has 0 heterocycles. The number of hydrogen-bond acceptors (Lipinski definition) is 3. The number of nitrogens with one attached hydrogen (secondary N) is 1. The molecular weight excluding hydrogens is 264 g/mol. The molecule has 1 fully saturated rings. The summed E-state index contributed by atoms with van der Waals surface area (Å²) in [6.07, 6.45) is 8.45. The molecule has 0 spiro atoms. The summed E-state index contributed by atoms with van der Waals surface area (Å²) >= 11 is 0. The SMILES string of the molecule is CC(C)NC(C)(CC(C)N(C)C1CCCCCC1)C(=O)O.